The molecular formula is C13H38N2O3Si4. The molecule has 0 aliphatic rings. The molecule has 0 aromatic carbocycles. The zero-order valence-electron chi connectivity index (χ0n) is 16.1. The Morgan fingerprint density at radius 2 is 1.27 bits per heavy atom. The second kappa shape index (κ2) is 8.67. The van der Waals surface area contributed by atoms with Crippen molar-refractivity contribution in [2.45, 2.75) is 71.4 Å². The first-order chi connectivity index (χ1) is 9.68. The Kier molecular flexibility index (Phi) is 8.94. The minimum absolute atomic E-state index is 0.542. The van der Waals surface area contributed by atoms with Crippen molar-refractivity contribution in [1.29, 1.82) is 0 Å². The predicted octanol–water partition coefficient (Wildman–Crippen LogP) is 3.38. The van der Waals surface area contributed by atoms with Gasteiger partial charge in [0.05, 0.1) is 0 Å². The van der Waals surface area contributed by atoms with Crippen LogP contribution >= 0.6 is 0 Å². The van der Waals surface area contributed by atoms with Gasteiger partial charge < -0.3 is 23.4 Å². The van der Waals surface area contributed by atoms with Gasteiger partial charge in [0.1, 0.15) is 0 Å². The van der Waals surface area contributed by atoms with Crippen LogP contribution in [0.5, 0.6) is 0 Å². The standard InChI is InChI=1S/C13H38N2O3Si4/c1-19(2,3)16-21(6,7)18-22(8,9)17-20(4,5)12-10-11-15-13-14/h15H,10-14H2,1-9H3. The van der Waals surface area contributed by atoms with E-state index >= 15 is 0 Å². The Hall–Kier alpha value is 0.668. The van der Waals surface area contributed by atoms with Gasteiger partial charge in [-0.2, -0.15) is 0 Å². The van der Waals surface area contributed by atoms with Crippen LogP contribution in [0.25, 0.3) is 0 Å². The van der Waals surface area contributed by atoms with Crippen molar-refractivity contribution in [2.24, 2.45) is 5.73 Å². The van der Waals surface area contributed by atoms with Crippen LogP contribution in [0, 0.1) is 0 Å². The van der Waals surface area contributed by atoms with Gasteiger partial charge in [-0.3, -0.25) is 0 Å². The molecule has 9 heteroatoms. The van der Waals surface area contributed by atoms with E-state index in [0.717, 1.165) is 19.0 Å². The zero-order valence-corrected chi connectivity index (χ0v) is 20.1. The Bertz CT molecular complexity index is 334. The van der Waals surface area contributed by atoms with E-state index in [1.54, 1.807) is 0 Å². The summed E-state index contributed by atoms with van der Waals surface area (Å²) in [6, 6.07) is 1.12. The summed E-state index contributed by atoms with van der Waals surface area (Å²) in [6.07, 6.45) is 1.10. The van der Waals surface area contributed by atoms with Gasteiger partial charge in [-0.1, -0.05) is 0 Å². The maximum Gasteiger partial charge on any atom is 0.312 e. The topological polar surface area (TPSA) is 65.7 Å². The van der Waals surface area contributed by atoms with Crippen molar-refractivity contribution in [3.63, 3.8) is 0 Å². The molecule has 0 heterocycles. The largest absolute Gasteiger partial charge is 0.437 e. The maximum absolute atomic E-state index is 6.52. The Balaban J connectivity index is 4.53. The van der Waals surface area contributed by atoms with Gasteiger partial charge in [0.2, 0.25) is 0 Å². The Morgan fingerprint density at radius 3 is 1.73 bits per heavy atom. The summed E-state index contributed by atoms with van der Waals surface area (Å²) in [5.41, 5.74) is 5.45. The fourth-order valence-electron chi connectivity index (χ4n) is 2.83. The molecule has 0 saturated heterocycles. The summed E-state index contributed by atoms with van der Waals surface area (Å²) in [7, 11) is -7.59. The van der Waals surface area contributed by atoms with Crippen LogP contribution in [0.4, 0.5) is 0 Å². The van der Waals surface area contributed by atoms with Crippen molar-refractivity contribution in [2.75, 3.05) is 13.2 Å². The van der Waals surface area contributed by atoms with Gasteiger partial charge in [0.15, 0.2) is 16.6 Å². The Labute approximate surface area is 142 Å². The fourth-order valence-corrected chi connectivity index (χ4v) is 21.3. The summed E-state index contributed by atoms with van der Waals surface area (Å²) < 4.78 is 19.2. The van der Waals surface area contributed by atoms with E-state index in [4.69, 9.17) is 18.1 Å². The third kappa shape index (κ3) is 12.1. The van der Waals surface area contributed by atoms with Crippen LogP contribution in [0.3, 0.4) is 0 Å². The second-order valence-corrected chi connectivity index (χ2v) is 24.6. The monoisotopic (exact) mass is 382 g/mol. The first-order valence-corrected chi connectivity index (χ1v) is 20.4. The SMILES string of the molecule is C[Si](C)(C)O[Si](C)(C)O[Si](C)(C)O[Si](C)(C)CCCNCN. The molecule has 134 valence electrons. The van der Waals surface area contributed by atoms with E-state index in [-0.39, 0.29) is 0 Å². The lowest BCUT2D eigenvalue weighted by molar-refractivity contribution is 0.329. The highest BCUT2D eigenvalue weighted by Gasteiger charge is 2.42. The van der Waals surface area contributed by atoms with E-state index in [1.807, 2.05) is 0 Å². The minimum Gasteiger partial charge on any atom is -0.437 e. The number of hydrogen-bond donors (Lipinski definition) is 2. The molecule has 0 radical (unpaired) electrons. The summed E-state index contributed by atoms with van der Waals surface area (Å²) in [6.45, 7) is 21.3. The van der Waals surface area contributed by atoms with Gasteiger partial charge in [-0.15, -0.1) is 0 Å². The molecule has 22 heavy (non-hydrogen) atoms. The molecule has 0 aromatic rings. The molecule has 0 atom stereocenters. The minimum atomic E-state index is -2.17. The molecule has 0 aromatic heterocycles. The van der Waals surface area contributed by atoms with Crippen LogP contribution in [0.15, 0.2) is 0 Å². The molecule has 0 aliphatic heterocycles. The normalized spacial score (nSPS) is 14.5. The van der Waals surface area contributed by atoms with E-state index in [0.29, 0.717) is 6.67 Å². The Morgan fingerprint density at radius 1 is 0.773 bits per heavy atom. The smallest absolute Gasteiger partial charge is 0.312 e. The molecule has 0 fully saturated rings. The molecular weight excluding hydrogens is 344 g/mol. The van der Waals surface area contributed by atoms with E-state index < -0.39 is 33.8 Å². The predicted molar refractivity (Wildman–Crippen MR) is 106 cm³/mol. The highest BCUT2D eigenvalue weighted by atomic mass is 28.5. The third-order valence-electron chi connectivity index (χ3n) is 2.84. The number of hydrogen-bond acceptors (Lipinski definition) is 5. The van der Waals surface area contributed by atoms with Crippen LogP contribution in [0.2, 0.25) is 65.0 Å². The van der Waals surface area contributed by atoms with E-state index in [2.05, 4.69) is 64.2 Å². The van der Waals surface area contributed by atoms with Gasteiger partial charge in [-0.05, 0) is 77.9 Å². The van der Waals surface area contributed by atoms with Crippen LogP contribution in [-0.4, -0.2) is 47.0 Å². The van der Waals surface area contributed by atoms with Crippen molar-refractivity contribution in [3.8, 4) is 0 Å². The van der Waals surface area contributed by atoms with Gasteiger partial charge in [-0.25, -0.2) is 0 Å². The number of nitrogens with two attached hydrogens (primary N) is 1. The molecule has 0 rings (SSSR count). The van der Waals surface area contributed by atoms with Crippen molar-refractivity contribution in [3.05, 3.63) is 0 Å². The lowest BCUT2D eigenvalue weighted by Gasteiger charge is -2.40. The first kappa shape index (κ1) is 22.7. The summed E-state index contributed by atoms with van der Waals surface area (Å²) >= 11 is 0. The van der Waals surface area contributed by atoms with Crippen molar-refractivity contribution >= 4 is 33.8 Å². The van der Waals surface area contributed by atoms with Gasteiger partial charge in [0.25, 0.3) is 0 Å². The van der Waals surface area contributed by atoms with E-state index in [9.17, 15) is 0 Å². The molecule has 0 saturated carbocycles. The lowest BCUT2D eigenvalue weighted by Crippen LogP contribution is -2.55. The lowest BCUT2D eigenvalue weighted by atomic mass is 10.5. The molecule has 0 unspecified atom stereocenters. The zero-order chi connectivity index (χ0) is 17.7. The maximum atomic E-state index is 6.52. The molecule has 5 nitrogen and oxygen atoms in total. The van der Waals surface area contributed by atoms with Crippen molar-refractivity contribution < 1.29 is 12.3 Å². The van der Waals surface area contributed by atoms with Crippen LogP contribution < -0.4 is 11.1 Å². The van der Waals surface area contributed by atoms with Gasteiger partial charge >= 0.3 is 17.1 Å². The van der Waals surface area contributed by atoms with Crippen molar-refractivity contribution in [1.82, 2.24) is 5.32 Å². The fraction of sp³-hybridized carbons (Fsp3) is 1.00. The third-order valence-corrected chi connectivity index (χ3v) is 16.9. The molecule has 0 aliphatic carbocycles. The summed E-state index contributed by atoms with van der Waals surface area (Å²) in [5, 5.41) is 3.16. The quantitative estimate of drug-likeness (QED) is 0.326. The number of rotatable bonds is 11. The van der Waals surface area contributed by atoms with Gasteiger partial charge in [0, 0.05) is 6.67 Å². The second-order valence-electron chi connectivity index (χ2n) is 8.29. The summed E-state index contributed by atoms with van der Waals surface area (Å²) in [4.78, 5) is 0. The highest BCUT2D eigenvalue weighted by Crippen LogP contribution is 2.25. The molecule has 0 spiro atoms. The highest BCUT2D eigenvalue weighted by molar-refractivity contribution is 6.89. The first-order valence-electron chi connectivity index (χ1n) is 8.19. The molecule has 3 N–H and O–H groups in total. The molecule has 0 bridgehead atoms. The van der Waals surface area contributed by atoms with Crippen LogP contribution in [0.1, 0.15) is 6.42 Å². The van der Waals surface area contributed by atoms with Crippen LogP contribution in [-0.2, 0) is 12.3 Å². The average Bonchev–Trinajstić information content (AvgIpc) is 2.16. The average molecular weight is 383 g/mol. The number of nitrogens with one attached hydrogen (secondary N) is 1. The summed E-state index contributed by atoms with van der Waals surface area (Å²) in [5.74, 6) is 0. The molecule has 0 amide bonds. The van der Waals surface area contributed by atoms with E-state index in [1.165, 1.54) is 0 Å².